The second kappa shape index (κ2) is 3.74. The molecule has 0 aliphatic heterocycles. The first kappa shape index (κ1) is 10.5. The second-order valence-electron chi connectivity index (χ2n) is 2.17. The van der Waals surface area contributed by atoms with Crippen LogP contribution in [0.25, 0.3) is 0 Å². The minimum atomic E-state index is -2.49. The highest BCUT2D eigenvalue weighted by Crippen LogP contribution is 2.06. The fraction of sp³-hybridized carbons (Fsp3) is 0.800. The minimum Gasteiger partial charge on any atom is -0.394 e. The molecule has 6 heteroatoms. The van der Waals surface area contributed by atoms with Gasteiger partial charge in [0.2, 0.25) is 0 Å². The summed E-state index contributed by atoms with van der Waals surface area (Å²) in [5, 5.41) is 34.7. The minimum absolute atomic E-state index is 0.0289. The predicted octanol–water partition coefficient (Wildman–Crippen LogP) is -3.45. The summed E-state index contributed by atoms with van der Waals surface area (Å²) < 4.78 is 0. The van der Waals surface area contributed by atoms with Crippen LogP contribution >= 0.6 is 0 Å². The second-order valence-corrected chi connectivity index (χ2v) is 2.17. The Kier molecular flexibility index (Phi) is 3.56. The maximum atomic E-state index is 9.89. The molecule has 0 aliphatic carbocycles. The van der Waals surface area contributed by atoms with Crippen LogP contribution in [-0.2, 0) is 4.79 Å². The number of hydrogen-bond donors (Lipinski definition) is 5. The number of rotatable bonds is 4. The summed E-state index contributed by atoms with van der Waals surface area (Å²) in [6.07, 6.45) is -3.69. The maximum Gasteiger partial charge on any atom is 0.175 e. The fourth-order valence-corrected chi connectivity index (χ4v) is 0.452. The van der Waals surface area contributed by atoms with Crippen molar-refractivity contribution in [3.8, 4) is 0 Å². The molecule has 0 bridgehead atoms. The Hall–Kier alpha value is -0.530. The zero-order valence-electron chi connectivity index (χ0n) is 5.71. The fourth-order valence-electron chi connectivity index (χ4n) is 0.452. The number of aldehydes is 1. The smallest absolute Gasteiger partial charge is 0.175 e. The van der Waals surface area contributed by atoms with E-state index in [0.29, 0.717) is 0 Å². The van der Waals surface area contributed by atoms with E-state index >= 15 is 0 Å². The van der Waals surface area contributed by atoms with Crippen LogP contribution < -0.4 is 5.73 Å². The summed E-state index contributed by atoms with van der Waals surface area (Å²) in [6, 6.07) is 0. The Balaban J connectivity index is 4.29. The molecule has 0 aliphatic rings. The SMILES string of the molecule is N[C@](O)(C(O)C=O)C(O)CO. The average molecular weight is 165 g/mol. The molecule has 0 heterocycles. The van der Waals surface area contributed by atoms with Crippen LogP contribution in [0.4, 0.5) is 0 Å². The van der Waals surface area contributed by atoms with Gasteiger partial charge in [-0.25, -0.2) is 0 Å². The third-order valence-corrected chi connectivity index (χ3v) is 1.31. The molecule has 0 amide bonds. The molecule has 66 valence electrons. The van der Waals surface area contributed by atoms with E-state index in [0.717, 1.165) is 0 Å². The van der Waals surface area contributed by atoms with Crippen molar-refractivity contribution >= 4 is 6.29 Å². The van der Waals surface area contributed by atoms with Crippen LogP contribution in [0.15, 0.2) is 0 Å². The summed E-state index contributed by atoms with van der Waals surface area (Å²) in [5.41, 5.74) is 2.40. The van der Waals surface area contributed by atoms with Crippen LogP contribution in [0.5, 0.6) is 0 Å². The number of aliphatic hydroxyl groups is 4. The van der Waals surface area contributed by atoms with E-state index in [-0.39, 0.29) is 6.29 Å². The van der Waals surface area contributed by atoms with Gasteiger partial charge in [0.1, 0.15) is 6.10 Å². The van der Waals surface area contributed by atoms with Crippen molar-refractivity contribution in [3.63, 3.8) is 0 Å². The van der Waals surface area contributed by atoms with E-state index in [9.17, 15) is 4.79 Å². The molecule has 0 rings (SSSR count). The molecule has 2 unspecified atom stereocenters. The van der Waals surface area contributed by atoms with Crippen LogP contribution in [0.3, 0.4) is 0 Å². The van der Waals surface area contributed by atoms with Crippen molar-refractivity contribution < 1.29 is 25.2 Å². The molecule has 0 saturated carbocycles. The standard InChI is InChI=1S/C5H11NO5/c6-5(11,3(9)1-7)4(10)2-8/h1,3-4,8-11H,2,6H2/t3?,4?,5-/m0/s1. The van der Waals surface area contributed by atoms with Gasteiger partial charge in [0.15, 0.2) is 18.1 Å². The molecule has 0 fully saturated rings. The summed E-state index contributed by atoms with van der Waals surface area (Å²) in [5.74, 6) is 0. The van der Waals surface area contributed by atoms with Crippen LogP contribution in [-0.4, -0.2) is 51.3 Å². The molecule has 0 spiro atoms. The van der Waals surface area contributed by atoms with Crippen LogP contribution in [0.2, 0.25) is 0 Å². The molecule has 0 radical (unpaired) electrons. The Morgan fingerprint density at radius 1 is 1.55 bits per heavy atom. The molecule has 3 atom stereocenters. The molecular formula is C5H11NO5. The lowest BCUT2D eigenvalue weighted by Crippen LogP contribution is -2.61. The van der Waals surface area contributed by atoms with E-state index in [4.69, 9.17) is 26.2 Å². The highest BCUT2D eigenvalue weighted by Gasteiger charge is 2.38. The lowest BCUT2D eigenvalue weighted by Gasteiger charge is -2.28. The lowest BCUT2D eigenvalue weighted by molar-refractivity contribution is -0.160. The predicted molar refractivity (Wildman–Crippen MR) is 34.3 cm³/mol. The number of carbonyl (C=O) groups excluding carboxylic acids is 1. The summed E-state index contributed by atoms with van der Waals surface area (Å²) >= 11 is 0. The van der Waals surface area contributed by atoms with Gasteiger partial charge < -0.3 is 25.2 Å². The molecular weight excluding hydrogens is 154 g/mol. The van der Waals surface area contributed by atoms with E-state index in [1.807, 2.05) is 0 Å². The molecule has 11 heavy (non-hydrogen) atoms. The van der Waals surface area contributed by atoms with E-state index in [2.05, 4.69) is 0 Å². The van der Waals surface area contributed by atoms with Crippen molar-refractivity contribution in [3.05, 3.63) is 0 Å². The normalized spacial score (nSPS) is 21.9. The molecule has 6 N–H and O–H groups in total. The van der Waals surface area contributed by atoms with Crippen molar-refractivity contribution in [1.29, 1.82) is 0 Å². The van der Waals surface area contributed by atoms with Crippen LogP contribution in [0, 0.1) is 0 Å². The average Bonchev–Trinajstić information content (AvgIpc) is 2.01. The van der Waals surface area contributed by atoms with Gasteiger partial charge in [-0.3, -0.25) is 5.73 Å². The summed E-state index contributed by atoms with van der Waals surface area (Å²) in [6.45, 7) is -0.835. The van der Waals surface area contributed by atoms with E-state index in [1.165, 1.54) is 0 Å². The first-order valence-electron chi connectivity index (χ1n) is 2.90. The van der Waals surface area contributed by atoms with Crippen molar-refractivity contribution in [2.75, 3.05) is 6.61 Å². The van der Waals surface area contributed by atoms with Crippen molar-refractivity contribution in [1.82, 2.24) is 0 Å². The Morgan fingerprint density at radius 2 is 2.00 bits per heavy atom. The van der Waals surface area contributed by atoms with Gasteiger partial charge in [-0.1, -0.05) is 0 Å². The van der Waals surface area contributed by atoms with E-state index < -0.39 is 24.5 Å². The molecule has 0 saturated heterocycles. The molecule has 0 aromatic rings. The first-order chi connectivity index (χ1) is 4.96. The van der Waals surface area contributed by atoms with Gasteiger partial charge in [0.05, 0.1) is 6.61 Å². The zero-order valence-corrected chi connectivity index (χ0v) is 5.71. The van der Waals surface area contributed by atoms with Crippen molar-refractivity contribution in [2.24, 2.45) is 5.73 Å². The monoisotopic (exact) mass is 165 g/mol. The van der Waals surface area contributed by atoms with Gasteiger partial charge in [-0.2, -0.15) is 0 Å². The third-order valence-electron chi connectivity index (χ3n) is 1.31. The number of carbonyl (C=O) groups is 1. The Morgan fingerprint density at radius 3 is 2.27 bits per heavy atom. The number of nitrogens with two attached hydrogens (primary N) is 1. The van der Waals surface area contributed by atoms with Gasteiger partial charge in [0, 0.05) is 0 Å². The quantitative estimate of drug-likeness (QED) is 0.218. The largest absolute Gasteiger partial charge is 0.394 e. The molecule has 0 aromatic carbocycles. The number of hydrogen-bond acceptors (Lipinski definition) is 6. The highest BCUT2D eigenvalue weighted by atomic mass is 16.4. The Bertz CT molecular complexity index is 137. The topological polar surface area (TPSA) is 124 Å². The number of aliphatic hydroxyl groups excluding tert-OH is 3. The van der Waals surface area contributed by atoms with Gasteiger partial charge in [-0.05, 0) is 0 Å². The van der Waals surface area contributed by atoms with Crippen LogP contribution in [0.1, 0.15) is 0 Å². The zero-order chi connectivity index (χ0) is 9.07. The molecule has 0 aromatic heterocycles. The Labute approximate surface area is 62.9 Å². The van der Waals surface area contributed by atoms with E-state index in [1.54, 1.807) is 0 Å². The third kappa shape index (κ3) is 2.21. The summed E-state index contributed by atoms with van der Waals surface area (Å²) in [4.78, 5) is 9.89. The van der Waals surface area contributed by atoms with Gasteiger partial charge in [-0.15, -0.1) is 0 Å². The highest BCUT2D eigenvalue weighted by molar-refractivity contribution is 5.57. The van der Waals surface area contributed by atoms with Gasteiger partial charge >= 0.3 is 0 Å². The molecule has 6 nitrogen and oxygen atoms in total. The lowest BCUT2D eigenvalue weighted by atomic mass is 10.0. The summed E-state index contributed by atoms with van der Waals surface area (Å²) in [7, 11) is 0. The maximum absolute atomic E-state index is 9.89. The van der Waals surface area contributed by atoms with Gasteiger partial charge in [0.25, 0.3) is 0 Å². The van der Waals surface area contributed by atoms with Crippen molar-refractivity contribution in [2.45, 2.75) is 17.9 Å². The first-order valence-corrected chi connectivity index (χ1v) is 2.90.